The standard InChI is InChI=1S/C9H13NO3S/c1-2-3-10-8(12)6-7(9(10)13)14-5-4-11/h6,11H,2-5H2,1H3. The first kappa shape index (κ1) is 11.3. The lowest BCUT2D eigenvalue weighted by Gasteiger charge is -2.12. The molecule has 78 valence electrons. The Morgan fingerprint density at radius 1 is 1.50 bits per heavy atom. The minimum Gasteiger partial charge on any atom is -0.396 e. The van der Waals surface area contributed by atoms with Crippen molar-refractivity contribution in [3.05, 3.63) is 11.0 Å². The Morgan fingerprint density at radius 2 is 2.21 bits per heavy atom. The van der Waals surface area contributed by atoms with E-state index in [1.807, 2.05) is 6.92 Å². The second-order valence-electron chi connectivity index (χ2n) is 2.88. The molecule has 0 saturated carbocycles. The van der Waals surface area contributed by atoms with Gasteiger partial charge in [0.25, 0.3) is 11.8 Å². The molecule has 1 N–H and O–H groups in total. The molecule has 0 saturated heterocycles. The van der Waals surface area contributed by atoms with Gasteiger partial charge in [-0.15, -0.1) is 11.8 Å². The lowest BCUT2D eigenvalue weighted by atomic mass is 10.4. The van der Waals surface area contributed by atoms with Gasteiger partial charge in [0, 0.05) is 18.4 Å². The highest BCUT2D eigenvalue weighted by atomic mass is 32.2. The van der Waals surface area contributed by atoms with Crippen LogP contribution in [0, 0.1) is 0 Å². The number of amides is 2. The number of hydrogen-bond donors (Lipinski definition) is 1. The zero-order valence-electron chi connectivity index (χ0n) is 8.02. The Bertz CT molecular complexity index is 275. The van der Waals surface area contributed by atoms with E-state index in [1.165, 1.54) is 22.7 Å². The number of carbonyl (C=O) groups is 2. The summed E-state index contributed by atoms with van der Waals surface area (Å²) >= 11 is 1.22. The Kier molecular flexibility index (Phi) is 4.16. The Hall–Kier alpha value is -0.810. The molecule has 0 aromatic rings. The molecule has 0 spiro atoms. The zero-order valence-corrected chi connectivity index (χ0v) is 8.84. The molecule has 5 heteroatoms. The molecule has 0 fully saturated rings. The van der Waals surface area contributed by atoms with Crippen molar-refractivity contribution in [2.45, 2.75) is 13.3 Å². The minimum absolute atomic E-state index is 0.0112. The smallest absolute Gasteiger partial charge is 0.267 e. The topological polar surface area (TPSA) is 57.6 Å². The molecule has 0 radical (unpaired) electrons. The molecule has 14 heavy (non-hydrogen) atoms. The average Bonchev–Trinajstić information content (AvgIpc) is 2.43. The predicted molar refractivity (Wildman–Crippen MR) is 54.6 cm³/mol. The van der Waals surface area contributed by atoms with Gasteiger partial charge in [-0.05, 0) is 6.42 Å². The highest BCUT2D eigenvalue weighted by Crippen LogP contribution is 2.23. The molecular formula is C9H13NO3S. The van der Waals surface area contributed by atoms with Crippen LogP contribution in [0.2, 0.25) is 0 Å². The van der Waals surface area contributed by atoms with Gasteiger partial charge in [-0.25, -0.2) is 0 Å². The van der Waals surface area contributed by atoms with Crippen molar-refractivity contribution >= 4 is 23.6 Å². The largest absolute Gasteiger partial charge is 0.396 e. The van der Waals surface area contributed by atoms with Crippen LogP contribution in [0.15, 0.2) is 11.0 Å². The summed E-state index contributed by atoms with van der Waals surface area (Å²) in [5, 5.41) is 8.59. The molecule has 1 rings (SSSR count). The van der Waals surface area contributed by atoms with Gasteiger partial charge in [-0.3, -0.25) is 14.5 Å². The first-order valence-corrected chi connectivity index (χ1v) is 5.50. The lowest BCUT2D eigenvalue weighted by Crippen LogP contribution is -2.31. The summed E-state index contributed by atoms with van der Waals surface area (Å²) in [6, 6.07) is 0. The first-order valence-electron chi connectivity index (χ1n) is 4.52. The van der Waals surface area contributed by atoms with Crippen LogP contribution in [-0.2, 0) is 9.59 Å². The van der Waals surface area contributed by atoms with E-state index in [1.54, 1.807) is 0 Å². The fourth-order valence-electron chi connectivity index (χ4n) is 1.18. The summed E-state index contributed by atoms with van der Waals surface area (Å²) in [4.78, 5) is 24.5. The summed E-state index contributed by atoms with van der Waals surface area (Å²) in [5.74, 6) is -0.0160. The van der Waals surface area contributed by atoms with Crippen LogP contribution >= 0.6 is 11.8 Å². The molecular weight excluding hydrogens is 202 g/mol. The van der Waals surface area contributed by atoms with E-state index in [4.69, 9.17) is 5.11 Å². The molecule has 0 aromatic heterocycles. The molecule has 0 bridgehead atoms. The second-order valence-corrected chi connectivity index (χ2v) is 4.01. The fourth-order valence-corrected chi connectivity index (χ4v) is 1.91. The third-order valence-electron chi connectivity index (χ3n) is 1.77. The molecule has 0 atom stereocenters. The molecule has 0 aromatic carbocycles. The first-order chi connectivity index (χ1) is 6.70. The molecule has 4 nitrogen and oxygen atoms in total. The molecule has 1 heterocycles. The van der Waals surface area contributed by atoms with Gasteiger partial charge in [0.1, 0.15) is 0 Å². The van der Waals surface area contributed by atoms with Crippen LogP contribution in [0.1, 0.15) is 13.3 Å². The van der Waals surface area contributed by atoms with Crippen LogP contribution in [0.3, 0.4) is 0 Å². The minimum atomic E-state index is -0.239. The van der Waals surface area contributed by atoms with Crippen molar-refractivity contribution in [2.24, 2.45) is 0 Å². The summed E-state index contributed by atoms with van der Waals surface area (Å²) in [6.45, 7) is 2.40. The van der Waals surface area contributed by atoms with Crippen molar-refractivity contribution in [3.8, 4) is 0 Å². The van der Waals surface area contributed by atoms with Crippen molar-refractivity contribution in [1.82, 2.24) is 4.90 Å². The van der Waals surface area contributed by atoms with Crippen LogP contribution in [0.4, 0.5) is 0 Å². The summed E-state index contributed by atoms with van der Waals surface area (Å²) in [5.41, 5.74) is 0. The molecule has 0 aliphatic carbocycles. The number of thioether (sulfide) groups is 1. The Morgan fingerprint density at radius 3 is 2.79 bits per heavy atom. The predicted octanol–water partition coefficient (Wildman–Crippen LogP) is 0.375. The van der Waals surface area contributed by atoms with Gasteiger partial charge in [0.2, 0.25) is 0 Å². The number of aliphatic hydroxyl groups is 1. The number of hydrogen-bond acceptors (Lipinski definition) is 4. The van der Waals surface area contributed by atoms with Crippen molar-refractivity contribution in [2.75, 3.05) is 18.9 Å². The molecule has 0 unspecified atom stereocenters. The van der Waals surface area contributed by atoms with E-state index in [2.05, 4.69) is 0 Å². The maximum atomic E-state index is 11.5. The van der Waals surface area contributed by atoms with E-state index < -0.39 is 0 Å². The molecule has 1 aliphatic rings. The third kappa shape index (κ3) is 2.36. The average molecular weight is 215 g/mol. The van der Waals surface area contributed by atoms with E-state index in [-0.39, 0.29) is 18.4 Å². The van der Waals surface area contributed by atoms with Crippen LogP contribution < -0.4 is 0 Å². The number of rotatable bonds is 5. The van der Waals surface area contributed by atoms with Crippen molar-refractivity contribution in [1.29, 1.82) is 0 Å². The third-order valence-corrected chi connectivity index (χ3v) is 2.76. The van der Waals surface area contributed by atoms with Crippen molar-refractivity contribution < 1.29 is 14.7 Å². The Labute approximate surface area is 87.0 Å². The van der Waals surface area contributed by atoms with E-state index in [0.29, 0.717) is 17.2 Å². The number of aliphatic hydroxyl groups excluding tert-OH is 1. The summed E-state index contributed by atoms with van der Waals surface area (Å²) in [7, 11) is 0. The van der Waals surface area contributed by atoms with Crippen molar-refractivity contribution in [3.63, 3.8) is 0 Å². The van der Waals surface area contributed by atoms with Gasteiger partial charge < -0.3 is 5.11 Å². The maximum Gasteiger partial charge on any atom is 0.267 e. The van der Waals surface area contributed by atoms with Crippen LogP contribution in [-0.4, -0.2) is 40.7 Å². The number of nitrogens with zero attached hydrogens (tertiary/aromatic N) is 1. The highest BCUT2D eigenvalue weighted by molar-refractivity contribution is 8.04. The van der Waals surface area contributed by atoms with Gasteiger partial charge >= 0.3 is 0 Å². The summed E-state index contributed by atoms with van der Waals surface area (Å²) in [6.07, 6.45) is 2.11. The van der Waals surface area contributed by atoms with Gasteiger partial charge in [-0.2, -0.15) is 0 Å². The zero-order chi connectivity index (χ0) is 10.6. The number of carbonyl (C=O) groups excluding carboxylic acids is 2. The van der Waals surface area contributed by atoms with Gasteiger partial charge in [0.15, 0.2) is 0 Å². The monoisotopic (exact) mass is 215 g/mol. The normalized spacial score (nSPS) is 16.4. The van der Waals surface area contributed by atoms with E-state index >= 15 is 0 Å². The quantitative estimate of drug-likeness (QED) is 0.673. The fraction of sp³-hybridized carbons (Fsp3) is 0.556. The SMILES string of the molecule is CCCN1C(=O)C=C(SCCO)C1=O. The number of imide groups is 1. The highest BCUT2D eigenvalue weighted by Gasteiger charge is 2.29. The van der Waals surface area contributed by atoms with E-state index in [0.717, 1.165) is 6.42 Å². The Balaban J connectivity index is 2.59. The van der Waals surface area contributed by atoms with Crippen LogP contribution in [0.25, 0.3) is 0 Å². The second kappa shape index (κ2) is 5.17. The van der Waals surface area contributed by atoms with Gasteiger partial charge in [0.05, 0.1) is 11.5 Å². The summed E-state index contributed by atoms with van der Waals surface area (Å²) < 4.78 is 0. The van der Waals surface area contributed by atoms with Crippen LogP contribution in [0.5, 0.6) is 0 Å². The maximum absolute atomic E-state index is 11.5. The molecule has 1 aliphatic heterocycles. The lowest BCUT2D eigenvalue weighted by molar-refractivity contribution is -0.136. The molecule has 2 amide bonds. The van der Waals surface area contributed by atoms with Gasteiger partial charge in [-0.1, -0.05) is 6.92 Å². The van der Waals surface area contributed by atoms with E-state index in [9.17, 15) is 9.59 Å².